The van der Waals surface area contributed by atoms with E-state index in [-0.39, 0.29) is 0 Å². The van der Waals surface area contributed by atoms with Gasteiger partial charge < -0.3 is 5.32 Å². The van der Waals surface area contributed by atoms with Crippen LogP contribution in [0.2, 0.25) is 5.02 Å². The van der Waals surface area contributed by atoms with Crippen LogP contribution in [0.4, 0.5) is 0 Å². The summed E-state index contributed by atoms with van der Waals surface area (Å²) in [6, 6.07) is 9.00. The molecule has 2 nitrogen and oxygen atoms in total. The van der Waals surface area contributed by atoms with Gasteiger partial charge in [-0.15, -0.1) is 11.3 Å². The molecule has 0 saturated heterocycles. The van der Waals surface area contributed by atoms with Gasteiger partial charge in [0.15, 0.2) is 0 Å². The highest BCUT2D eigenvalue weighted by atomic mass is 35.5. The van der Waals surface area contributed by atoms with Gasteiger partial charge in [0.1, 0.15) is 0 Å². The normalized spacial score (nSPS) is 16.1. The first-order valence-corrected chi connectivity index (χ1v) is 8.83. The predicted octanol–water partition coefficient (Wildman–Crippen LogP) is 4.26. The molecule has 0 aliphatic heterocycles. The number of hydrogen-bond acceptors (Lipinski definition) is 3. The van der Waals surface area contributed by atoms with Crippen molar-refractivity contribution in [2.45, 2.75) is 38.6 Å². The molecule has 1 heterocycles. The minimum atomic E-state index is 0.595. The highest BCUT2D eigenvalue weighted by Crippen LogP contribution is 2.22. The third-order valence-corrected chi connectivity index (χ3v) is 5.08. The molecule has 1 unspecified atom stereocenters. The Kier molecular flexibility index (Phi) is 4.94. The maximum atomic E-state index is 5.97. The molecular weight excluding hydrogens is 300 g/mol. The summed E-state index contributed by atoms with van der Waals surface area (Å²) < 4.78 is 0. The lowest BCUT2D eigenvalue weighted by atomic mass is 9.96. The zero-order valence-corrected chi connectivity index (χ0v) is 13.9. The van der Waals surface area contributed by atoms with Gasteiger partial charge in [-0.05, 0) is 56.3 Å². The Morgan fingerprint density at radius 1 is 1.29 bits per heavy atom. The second-order valence-corrected chi connectivity index (χ2v) is 7.34. The van der Waals surface area contributed by atoms with Crippen LogP contribution in [-0.4, -0.2) is 17.6 Å². The fraction of sp³-hybridized carbons (Fsp3) is 0.471. The molecule has 1 aliphatic carbocycles. The van der Waals surface area contributed by atoms with E-state index < -0.39 is 0 Å². The van der Waals surface area contributed by atoms with Crippen molar-refractivity contribution in [3.05, 3.63) is 50.9 Å². The van der Waals surface area contributed by atoms with Gasteiger partial charge in [-0.3, -0.25) is 0 Å². The summed E-state index contributed by atoms with van der Waals surface area (Å²) in [5.74, 6) is 0.595. The number of nitrogens with zero attached hydrogens (tertiary/aromatic N) is 1. The first-order chi connectivity index (χ1) is 10.2. The van der Waals surface area contributed by atoms with Gasteiger partial charge in [-0.1, -0.05) is 23.7 Å². The number of benzene rings is 1. The number of hydrogen-bond donors (Lipinski definition) is 1. The van der Waals surface area contributed by atoms with Crippen molar-refractivity contribution in [1.29, 1.82) is 0 Å². The molecule has 112 valence electrons. The van der Waals surface area contributed by atoms with E-state index in [9.17, 15) is 0 Å². The molecule has 1 atom stereocenters. The molecule has 4 heteroatoms. The summed E-state index contributed by atoms with van der Waals surface area (Å²) in [5, 5.41) is 7.87. The number of nitrogens with one attached hydrogen (secondary N) is 1. The lowest BCUT2D eigenvalue weighted by molar-refractivity contribution is 0.468. The van der Waals surface area contributed by atoms with Crippen LogP contribution < -0.4 is 5.32 Å². The molecule has 1 aliphatic rings. The van der Waals surface area contributed by atoms with Gasteiger partial charge in [0.2, 0.25) is 0 Å². The van der Waals surface area contributed by atoms with Crippen molar-refractivity contribution in [2.24, 2.45) is 5.92 Å². The number of rotatable bonds is 7. The quantitative estimate of drug-likeness (QED) is 0.824. The smallest absolute Gasteiger partial charge is 0.0931 e. The molecule has 2 aromatic rings. The Balaban J connectivity index is 1.63. The fourth-order valence-corrected chi connectivity index (χ4v) is 3.55. The van der Waals surface area contributed by atoms with E-state index in [1.165, 1.54) is 23.4 Å². The van der Waals surface area contributed by atoms with Crippen molar-refractivity contribution in [3.63, 3.8) is 0 Å². The van der Waals surface area contributed by atoms with Crippen LogP contribution in [0.3, 0.4) is 0 Å². The van der Waals surface area contributed by atoms with E-state index in [4.69, 9.17) is 11.6 Å². The van der Waals surface area contributed by atoms with E-state index >= 15 is 0 Å². The maximum absolute atomic E-state index is 5.97. The fourth-order valence-electron chi connectivity index (χ4n) is 2.53. The molecule has 1 aromatic carbocycles. The Labute approximate surface area is 135 Å². The highest BCUT2D eigenvalue weighted by molar-refractivity contribution is 7.09. The molecule has 0 radical (unpaired) electrons. The zero-order chi connectivity index (χ0) is 14.7. The Bertz CT molecular complexity index is 575. The largest absolute Gasteiger partial charge is 0.314 e. The van der Waals surface area contributed by atoms with Gasteiger partial charge in [0.25, 0.3) is 0 Å². The summed E-state index contributed by atoms with van der Waals surface area (Å²) in [5.41, 5.74) is 2.49. The third kappa shape index (κ3) is 4.80. The van der Waals surface area contributed by atoms with Gasteiger partial charge >= 0.3 is 0 Å². The zero-order valence-electron chi connectivity index (χ0n) is 12.3. The molecule has 21 heavy (non-hydrogen) atoms. The van der Waals surface area contributed by atoms with Crippen LogP contribution in [-0.2, 0) is 12.8 Å². The lowest BCUT2D eigenvalue weighted by Crippen LogP contribution is -2.27. The van der Waals surface area contributed by atoms with Crippen LogP contribution in [0, 0.1) is 12.8 Å². The van der Waals surface area contributed by atoms with Gasteiger partial charge in [0, 0.05) is 28.6 Å². The maximum Gasteiger partial charge on any atom is 0.0931 e. The predicted molar refractivity (Wildman–Crippen MR) is 90.2 cm³/mol. The molecule has 3 rings (SSSR count). The number of aryl methyl sites for hydroxylation is 1. The molecule has 0 bridgehead atoms. The van der Waals surface area contributed by atoms with Crippen LogP contribution in [0.15, 0.2) is 29.6 Å². The van der Waals surface area contributed by atoms with Gasteiger partial charge in [-0.25, -0.2) is 4.98 Å². The minimum Gasteiger partial charge on any atom is -0.314 e. The van der Waals surface area contributed by atoms with E-state index in [2.05, 4.69) is 34.7 Å². The molecule has 0 amide bonds. The summed E-state index contributed by atoms with van der Waals surface area (Å²) in [7, 11) is 0. The van der Waals surface area contributed by atoms with Crippen molar-refractivity contribution in [1.82, 2.24) is 10.3 Å². The molecule has 1 saturated carbocycles. The Morgan fingerprint density at radius 2 is 2.05 bits per heavy atom. The third-order valence-electron chi connectivity index (χ3n) is 3.84. The van der Waals surface area contributed by atoms with Gasteiger partial charge in [0.05, 0.1) is 5.01 Å². The van der Waals surface area contributed by atoms with Crippen molar-refractivity contribution in [3.8, 4) is 0 Å². The number of halogens is 1. The van der Waals surface area contributed by atoms with Crippen LogP contribution >= 0.6 is 22.9 Å². The van der Waals surface area contributed by atoms with Crippen molar-refractivity contribution < 1.29 is 0 Å². The summed E-state index contributed by atoms with van der Waals surface area (Å²) in [4.78, 5) is 4.62. The van der Waals surface area contributed by atoms with E-state index in [0.717, 1.165) is 36.1 Å². The number of aromatic nitrogens is 1. The van der Waals surface area contributed by atoms with Gasteiger partial charge in [-0.2, -0.15) is 0 Å². The second-order valence-electron chi connectivity index (χ2n) is 5.97. The molecule has 1 aromatic heterocycles. The summed E-state index contributed by atoms with van der Waals surface area (Å²) in [6.07, 6.45) is 4.81. The highest BCUT2D eigenvalue weighted by Gasteiger charge is 2.22. The summed E-state index contributed by atoms with van der Waals surface area (Å²) >= 11 is 7.75. The molecular formula is C17H21ClN2S. The first-order valence-electron chi connectivity index (χ1n) is 7.58. The van der Waals surface area contributed by atoms with E-state index in [0.29, 0.717) is 5.92 Å². The molecule has 1 fully saturated rings. The first kappa shape index (κ1) is 15.0. The van der Waals surface area contributed by atoms with Crippen LogP contribution in [0.5, 0.6) is 0 Å². The van der Waals surface area contributed by atoms with E-state index in [1.807, 2.05) is 12.1 Å². The Hall–Kier alpha value is -0.900. The monoisotopic (exact) mass is 320 g/mol. The molecule has 1 N–H and O–H groups in total. The average Bonchev–Trinajstić information content (AvgIpc) is 3.21. The topological polar surface area (TPSA) is 24.9 Å². The SMILES string of the molecule is Cc1csc(CC(CNC2CC2)Cc2ccc(Cl)cc2)n1. The summed E-state index contributed by atoms with van der Waals surface area (Å²) in [6.45, 7) is 3.14. The Morgan fingerprint density at radius 3 is 2.67 bits per heavy atom. The average molecular weight is 321 g/mol. The standard InChI is InChI=1S/C17H21ClN2S/c1-12-11-21-17(20-12)9-14(10-19-16-6-7-16)8-13-2-4-15(18)5-3-13/h2-5,11,14,16,19H,6-10H2,1H3. The van der Waals surface area contributed by atoms with Crippen LogP contribution in [0.1, 0.15) is 29.1 Å². The lowest BCUT2D eigenvalue weighted by Gasteiger charge is -2.17. The second kappa shape index (κ2) is 6.91. The minimum absolute atomic E-state index is 0.595. The van der Waals surface area contributed by atoms with E-state index in [1.54, 1.807) is 11.3 Å². The number of thiazole rings is 1. The van der Waals surface area contributed by atoms with Crippen LogP contribution in [0.25, 0.3) is 0 Å². The molecule has 0 spiro atoms. The van der Waals surface area contributed by atoms with Crippen molar-refractivity contribution in [2.75, 3.05) is 6.54 Å². The van der Waals surface area contributed by atoms with Crippen molar-refractivity contribution >= 4 is 22.9 Å².